The van der Waals surface area contributed by atoms with Crippen molar-refractivity contribution in [2.45, 2.75) is 6.23 Å². The Morgan fingerprint density at radius 2 is 0.980 bits per heavy atom. The van der Waals surface area contributed by atoms with Gasteiger partial charge in [-0.3, -0.25) is 0 Å². The molecule has 0 amide bonds. The van der Waals surface area contributed by atoms with Crippen molar-refractivity contribution in [3.05, 3.63) is 169 Å². The summed E-state index contributed by atoms with van der Waals surface area (Å²) in [6, 6.07) is 59.7. The van der Waals surface area contributed by atoms with Crippen LogP contribution in [0.4, 0.5) is 5.69 Å². The summed E-state index contributed by atoms with van der Waals surface area (Å²) in [5.74, 6) is 0.920. The summed E-state index contributed by atoms with van der Waals surface area (Å²) in [5, 5.41) is 13.5. The van der Waals surface area contributed by atoms with E-state index in [4.69, 9.17) is 4.74 Å². The molecule has 228 valence electrons. The molecule has 2 nitrogen and oxygen atoms in total. The third-order valence-electron chi connectivity index (χ3n) is 10.7. The molecule has 49 heavy (non-hydrogen) atoms. The molecule has 1 aliphatic carbocycles. The molecule has 9 aromatic carbocycles. The molecule has 1 aliphatic heterocycles. The Morgan fingerprint density at radius 1 is 0.388 bits per heavy atom. The monoisotopic (exact) mass is 623 g/mol. The molecule has 0 saturated carbocycles. The SMILES string of the molecule is c1ccc(C2Nc3ccc4ccc5ccc(-c6ccc(-c7ccc8c9c(cccc79)-c7ccccc7-8)c7ccccc67)cc5c4c3O2)cc1. The summed E-state index contributed by atoms with van der Waals surface area (Å²) in [4.78, 5) is 0. The van der Waals surface area contributed by atoms with Crippen LogP contribution in [0.3, 0.4) is 0 Å². The molecular weight excluding hydrogens is 595 g/mol. The van der Waals surface area contributed by atoms with Gasteiger partial charge in [0.25, 0.3) is 0 Å². The van der Waals surface area contributed by atoms with Crippen LogP contribution in [-0.4, -0.2) is 0 Å². The van der Waals surface area contributed by atoms with E-state index in [-0.39, 0.29) is 6.23 Å². The number of nitrogens with one attached hydrogen (secondary N) is 1. The van der Waals surface area contributed by atoms with Crippen LogP contribution in [0.5, 0.6) is 5.75 Å². The molecule has 0 fully saturated rings. The number of anilines is 1. The highest BCUT2D eigenvalue weighted by Crippen LogP contribution is 2.51. The quantitative estimate of drug-likeness (QED) is 0.198. The lowest BCUT2D eigenvalue weighted by Crippen LogP contribution is -2.09. The van der Waals surface area contributed by atoms with Gasteiger partial charge < -0.3 is 10.1 Å². The molecule has 0 radical (unpaired) electrons. The van der Waals surface area contributed by atoms with Crippen LogP contribution in [-0.2, 0) is 0 Å². The number of fused-ring (bicyclic) bond motifs is 9. The molecule has 11 rings (SSSR count). The topological polar surface area (TPSA) is 21.3 Å². The van der Waals surface area contributed by atoms with Crippen molar-refractivity contribution in [2.24, 2.45) is 0 Å². The average Bonchev–Trinajstić information content (AvgIpc) is 3.76. The molecular formula is C47H29NO. The first-order valence-electron chi connectivity index (χ1n) is 17.0. The van der Waals surface area contributed by atoms with E-state index in [1.807, 2.05) is 6.07 Å². The number of rotatable bonds is 3. The normalized spacial score (nSPS) is 14.2. The Hall–Kier alpha value is -6.38. The predicted molar refractivity (Wildman–Crippen MR) is 205 cm³/mol. The standard InChI is InChI=1S/C47H29NO/c1-2-9-30(10-3-1)47-48-43-26-21-29-19-17-28-18-20-31(27-42(28)44(29)46(43)49-47)32-22-23-37(34-12-5-4-11-33(32)34)38-24-25-41-36-14-7-6-13-35(36)39-15-8-16-40(38)45(39)41/h1-27,47-48H. The molecule has 2 aliphatic rings. The molecule has 0 aromatic heterocycles. The average molecular weight is 624 g/mol. The van der Waals surface area contributed by atoms with Gasteiger partial charge in [0, 0.05) is 10.9 Å². The fourth-order valence-corrected chi connectivity index (χ4v) is 8.41. The van der Waals surface area contributed by atoms with E-state index in [9.17, 15) is 0 Å². The van der Waals surface area contributed by atoms with Crippen molar-refractivity contribution in [2.75, 3.05) is 5.32 Å². The lowest BCUT2D eigenvalue weighted by molar-refractivity contribution is 0.263. The molecule has 2 heteroatoms. The van der Waals surface area contributed by atoms with Gasteiger partial charge in [-0.2, -0.15) is 0 Å². The van der Waals surface area contributed by atoms with Crippen LogP contribution in [0.25, 0.3) is 87.6 Å². The van der Waals surface area contributed by atoms with Crippen molar-refractivity contribution >= 4 is 48.8 Å². The lowest BCUT2D eigenvalue weighted by atomic mass is 9.88. The zero-order valence-electron chi connectivity index (χ0n) is 26.6. The van der Waals surface area contributed by atoms with Gasteiger partial charge in [-0.1, -0.05) is 152 Å². The maximum Gasteiger partial charge on any atom is 0.196 e. The third kappa shape index (κ3) is 3.83. The van der Waals surface area contributed by atoms with Crippen LogP contribution in [0.15, 0.2) is 164 Å². The Morgan fingerprint density at radius 3 is 1.82 bits per heavy atom. The lowest BCUT2D eigenvalue weighted by Gasteiger charge is -2.16. The maximum absolute atomic E-state index is 6.66. The van der Waals surface area contributed by atoms with Gasteiger partial charge in [0.2, 0.25) is 0 Å². The van der Waals surface area contributed by atoms with Gasteiger partial charge in [0.15, 0.2) is 12.0 Å². The van der Waals surface area contributed by atoms with Crippen molar-refractivity contribution in [3.8, 4) is 50.3 Å². The smallest absolute Gasteiger partial charge is 0.196 e. The van der Waals surface area contributed by atoms with Gasteiger partial charge in [-0.15, -0.1) is 0 Å². The van der Waals surface area contributed by atoms with E-state index >= 15 is 0 Å². The highest BCUT2D eigenvalue weighted by atomic mass is 16.5. The molecule has 1 unspecified atom stereocenters. The molecule has 1 heterocycles. The minimum atomic E-state index is -0.211. The van der Waals surface area contributed by atoms with Crippen molar-refractivity contribution in [1.82, 2.24) is 0 Å². The summed E-state index contributed by atoms with van der Waals surface area (Å²) < 4.78 is 6.66. The van der Waals surface area contributed by atoms with Crippen molar-refractivity contribution in [3.63, 3.8) is 0 Å². The highest BCUT2D eigenvalue weighted by molar-refractivity contribution is 6.21. The summed E-state index contributed by atoms with van der Waals surface area (Å²) in [6.07, 6.45) is -0.211. The van der Waals surface area contributed by atoms with Crippen molar-refractivity contribution < 1.29 is 4.74 Å². The van der Waals surface area contributed by atoms with E-state index in [1.165, 1.54) is 82.2 Å². The minimum absolute atomic E-state index is 0.211. The van der Waals surface area contributed by atoms with Gasteiger partial charge in [-0.25, -0.2) is 0 Å². The fourth-order valence-electron chi connectivity index (χ4n) is 8.41. The van der Waals surface area contributed by atoms with Gasteiger partial charge in [0.1, 0.15) is 0 Å². The predicted octanol–water partition coefficient (Wildman–Crippen LogP) is 12.8. The second-order valence-electron chi connectivity index (χ2n) is 13.2. The Bertz CT molecular complexity index is 2800. The van der Waals surface area contributed by atoms with Crippen LogP contribution in [0.1, 0.15) is 11.8 Å². The van der Waals surface area contributed by atoms with Crippen molar-refractivity contribution in [1.29, 1.82) is 0 Å². The van der Waals surface area contributed by atoms with Crippen LogP contribution >= 0.6 is 0 Å². The largest absolute Gasteiger partial charge is 0.464 e. The summed E-state index contributed by atoms with van der Waals surface area (Å²) in [6.45, 7) is 0. The molecule has 1 atom stereocenters. The number of hydrogen-bond acceptors (Lipinski definition) is 2. The van der Waals surface area contributed by atoms with E-state index in [0.717, 1.165) is 22.4 Å². The molecule has 9 aromatic rings. The Kier molecular flexibility index (Phi) is 5.47. The van der Waals surface area contributed by atoms with Crippen LogP contribution in [0.2, 0.25) is 0 Å². The first kappa shape index (κ1) is 26.7. The van der Waals surface area contributed by atoms with Gasteiger partial charge in [-0.05, 0) is 94.3 Å². The maximum atomic E-state index is 6.66. The first-order chi connectivity index (χ1) is 24.3. The zero-order chi connectivity index (χ0) is 32.1. The fraction of sp³-hybridized carbons (Fsp3) is 0.0213. The van der Waals surface area contributed by atoms with E-state index in [0.29, 0.717) is 0 Å². The summed E-state index contributed by atoms with van der Waals surface area (Å²) in [7, 11) is 0. The first-order valence-corrected chi connectivity index (χ1v) is 17.0. The van der Waals surface area contributed by atoms with E-state index < -0.39 is 0 Å². The molecule has 0 saturated heterocycles. The van der Waals surface area contributed by atoms with Gasteiger partial charge >= 0.3 is 0 Å². The van der Waals surface area contributed by atoms with E-state index in [1.54, 1.807) is 0 Å². The Balaban J connectivity index is 1.08. The summed E-state index contributed by atoms with van der Waals surface area (Å²) in [5.41, 5.74) is 12.4. The second kappa shape index (κ2) is 10.1. The number of ether oxygens (including phenoxy) is 1. The zero-order valence-corrected chi connectivity index (χ0v) is 26.6. The molecule has 1 N–H and O–H groups in total. The Labute approximate surface area is 283 Å². The van der Waals surface area contributed by atoms with E-state index in [2.05, 4.69) is 163 Å². The number of hydrogen-bond donors (Lipinski definition) is 1. The van der Waals surface area contributed by atoms with Crippen LogP contribution < -0.4 is 10.1 Å². The molecule has 0 bridgehead atoms. The molecule has 0 spiro atoms. The number of benzene rings is 9. The highest BCUT2D eigenvalue weighted by Gasteiger charge is 2.27. The summed E-state index contributed by atoms with van der Waals surface area (Å²) >= 11 is 0. The van der Waals surface area contributed by atoms with Gasteiger partial charge in [0.05, 0.1) is 5.69 Å². The minimum Gasteiger partial charge on any atom is -0.464 e. The second-order valence-corrected chi connectivity index (χ2v) is 13.2. The third-order valence-corrected chi connectivity index (χ3v) is 10.7. The van der Waals surface area contributed by atoms with Crippen LogP contribution in [0, 0.1) is 0 Å².